The zero-order valence-electron chi connectivity index (χ0n) is 8.91. The minimum absolute atomic E-state index is 0.00473. The van der Waals surface area contributed by atoms with Gasteiger partial charge in [0.2, 0.25) is 0 Å². The first kappa shape index (κ1) is 12.5. The number of carboxylic acid groups (broad SMARTS) is 1. The van der Waals surface area contributed by atoms with Gasteiger partial charge in [-0.2, -0.15) is 0 Å². The van der Waals surface area contributed by atoms with E-state index >= 15 is 0 Å². The number of carbonyl (C=O) groups excluding carboxylic acids is 1. The highest BCUT2D eigenvalue weighted by Crippen LogP contribution is 2.10. The lowest BCUT2D eigenvalue weighted by atomic mass is 10.2. The zero-order valence-corrected chi connectivity index (χ0v) is 8.91. The number of aliphatic carboxylic acids is 1. The fourth-order valence-corrected chi connectivity index (χ4v) is 1.42. The maximum atomic E-state index is 12.8. The van der Waals surface area contributed by atoms with Crippen molar-refractivity contribution in [3.05, 3.63) is 11.9 Å². The molecule has 1 rings (SSSR count). The minimum atomic E-state index is -0.888. The third-order valence-electron chi connectivity index (χ3n) is 2.24. The summed E-state index contributed by atoms with van der Waals surface area (Å²) in [6, 6.07) is -0.339. The van der Waals surface area contributed by atoms with Gasteiger partial charge in [-0.1, -0.05) is 0 Å². The molecule has 0 radical (unpaired) electrons. The molecule has 1 aliphatic heterocycles. The van der Waals surface area contributed by atoms with Crippen molar-refractivity contribution in [2.24, 2.45) is 0 Å². The van der Waals surface area contributed by atoms with Gasteiger partial charge in [0.1, 0.15) is 5.83 Å². The van der Waals surface area contributed by atoms with Gasteiger partial charge in [-0.25, -0.2) is 9.18 Å². The first-order valence-electron chi connectivity index (χ1n) is 5.18. The molecule has 1 aliphatic rings. The molecule has 0 aromatic rings. The Labute approximate surface area is 92.9 Å². The smallest absolute Gasteiger partial charge is 0.317 e. The van der Waals surface area contributed by atoms with Crippen molar-refractivity contribution in [3.8, 4) is 0 Å². The summed E-state index contributed by atoms with van der Waals surface area (Å²) in [4.78, 5) is 23.0. The highest BCUT2D eigenvalue weighted by Gasteiger charge is 2.17. The van der Waals surface area contributed by atoms with Crippen LogP contribution in [0.15, 0.2) is 11.9 Å². The molecule has 0 bridgehead atoms. The van der Waals surface area contributed by atoms with E-state index in [0.29, 0.717) is 25.9 Å². The van der Waals surface area contributed by atoms with Crippen molar-refractivity contribution in [1.29, 1.82) is 0 Å². The maximum Gasteiger partial charge on any atom is 0.317 e. The SMILES string of the molecule is O=C(O)CCCNC(=O)N1CCC=C(F)C1. The van der Waals surface area contributed by atoms with E-state index < -0.39 is 5.97 Å². The van der Waals surface area contributed by atoms with Crippen molar-refractivity contribution in [2.45, 2.75) is 19.3 Å². The number of urea groups is 1. The summed E-state index contributed by atoms with van der Waals surface area (Å²) in [6.45, 7) is 0.802. The number of amides is 2. The van der Waals surface area contributed by atoms with Crippen LogP contribution in [0.2, 0.25) is 0 Å². The van der Waals surface area contributed by atoms with Crippen molar-refractivity contribution in [2.75, 3.05) is 19.6 Å². The summed E-state index contributed by atoms with van der Waals surface area (Å²) in [5, 5.41) is 10.9. The lowest BCUT2D eigenvalue weighted by Crippen LogP contribution is -2.42. The van der Waals surface area contributed by atoms with Crippen LogP contribution in [0.3, 0.4) is 0 Å². The highest BCUT2D eigenvalue weighted by atomic mass is 19.1. The Morgan fingerprint density at radius 2 is 2.31 bits per heavy atom. The number of nitrogens with zero attached hydrogens (tertiary/aromatic N) is 1. The molecule has 0 saturated carbocycles. The quantitative estimate of drug-likeness (QED) is 0.711. The van der Waals surface area contributed by atoms with E-state index in [2.05, 4.69) is 5.32 Å². The predicted molar refractivity (Wildman–Crippen MR) is 55.6 cm³/mol. The normalized spacial score (nSPS) is 15.6. The van der Waals surface area contributed by atoms with Crippen molar-refractivity contribution < 1.29 is 19.1 Å². The molecule has 0 spiro atoms. The standard InChI is InChI=1S/C10H15FN2O3/c11-8-3-2-6-13(7-8)10(16)12-5-1-4-9(14)15/h3H,1-2,4-7H2,(H,12,16)(H,14,15). The summed E-state index contributed by atoms with van der Waals surface area (Å²) in [6.07, 6.45) is 2.39. The second-order valence-corrected chi connectivity index (χ2v) is 3.59. The maximum absolute atomic E-state index is 12.8. The summed E-state index contributed by atoms with van der Waals surface area (Å²) >= 11 is 0. The van der Waals surface area contributed by atoms with E-state index in [4.69, 9.17) is 5.11 Å². The summed E-state index contributed by atoms with van der Waals surface area (Å²) in [7, 11) is 0. The van der Waals surface area contributed by atoms with E-state index in [9.17, 15) is 14.0 Å². The number of rotatable bonds is 4. The van der Waals surface area contributed by atoms with Gasteiger partial charge in [0.25, 0.3) is 0 Å². The number of nitrogens with one attached hydrogen (secondary N) is 1. The molecule has 0 aliphatic carbocycles. The van der Waals surface area contributed by atoms with Gasteiger partial charge >= 0.3 is 12.0 Å². The predicted octanol–water partition coefficient (Wildman–Crippen LogP) is 1.12. The summed E-state index contributed by atoms with van der Waals surface area (Å²) < 4.78 is 12.8. The van der Waals surface area contributed by atoms with Gasteiger partial charge in [-0.15, -0.1) is 0 Å². The molecule has 0 saturated heterocycles. The molecule has 0 unspecified atom stereocenters. The van der Waals surface area contributed by atoms with Crippen LogP contribution in [-0.4, -0.2) is 41.6 Å². The lowest BCUT2D eigenvalue weighted by molar-refractivity contribution is -0.137. The third-order valence-corrected chi connectivity index (χ3v) is 2.24. The van der Waals surface area contributed by atoms with Crippen molar-refractivity contribution in [1.82, 2.24) is 10.2 Å². The first-order valence-corrected chi connectivity index (χ1v) is 5.18. The first-order chi connectivity index (χ1) is 7.59. The summed E-state index contributed by atoms with van der Waals surface area (Å²) in [5.74, 6) is -1.19. The van der Waals surface area contributed by atoms with Gasteiger partial charge in [-0.3, -0.25) is 4.79 Å². The monoisotopic (exact) mass is 230 g/mol. The molecule has 0 aromatic heterocycles. The molecule has 2 N–H and O–H groups in total. The molecule has 2 amide bonds. The second kappa shape index (κ2) is 6.09. The van der Waals surface area contributed by atoms with Crippen LogP contribution in [-0.2, 0) is 4.79 Å². The largest absolute Gasteiger partial charge is 0.481 e. The Morgan fingerprint density at radius 3 is 2.94 bits per heavy atom. The van der Waals surface area contributed by atoms with Gasteiger partial charge < -0.3 is 15.3 Å². The van der Waals surface area contributed by atoms with Gasteiger partial charge in [0.05, 0.1) is 6.54 Å². The number of hydrogen-bond donors (Lipinski definition) is 2. The van der Waals surface area contributed by atoms with Crippen LogP contribution in [0.5, 0.6) is 0 Å². The highest BCUT2D eigenvalue weighted by molar-refractivity contribution is 5.74. The van der Waals surface area contributed by atoms with Crippen LogP contribution in [0.4, 0.5) is 9.18 Å². The van der Waals surface area contributed by atoms with E-state index in [1.165, 1.54) is 11.0 Å². The number of carbonyl (C=O) groups is 2. The van der Waals surface area contributed by atoms with E-state index in [0.717, 1.165) is 0 Å². The van der Waals surface area contributed by atoms with Crippen molar-refractivity contribution >= 4 is 12.0 Å². The molecule has 6 heteroatoms. The number of halogens is 1. The van der Waals surface area contributed by atoms with Crippen LogP contribution >= 0.6 is 0 Å². The zero-order chi connectivity index (χ0) is 12.0. The number of carboxylic acids is 1. The van der Waals surface area contributed by atoms with E-state index in [1.54, 1.807) is 0 Å². The van der Waals surface area contributed by atoms with Gasteiger partial charge in [-0.05, 0) is 18.9 Å². The Hall–Kier alpha value is -1.59. The molecular weight excluding hydrogens is 215 g/mol. The van der Waals surface area contributed by atoms with Gasteiger partial charge in [0.15, 0.2) is 0 Å². The third kappa shape index (κ3) is 4.29. The number of hydrogen-bond acceptors (Lipinski definition) is 2. The second-order valence-electron chi connectivity index (χ2n) is 3.59. The van der Waals surface area contributed by atoms with Crippen LogP contribution in [0.25, 0.3) is 0 Å². The van der Waals surface area contributed by atoms with Crippen LogP contribution in [0.1, 0.15) is 19.3 Å². The molecule has 0 aromatic carbocycles. The molecule has 16 heavy (non-hydrogen) atoms. The molecule has 1 heterocycles. The molecule has 90 valence electrons. The van der Waals surface area contributed by atoms with E-state index in [1.807, 2.05) is 0 Å². The Balaban J connectivity index is 2.20. The van der Waals surface area contributed by atoms with E-state index in [-0.39, 0.29) is 24.8 Å². The molecular formula is C10H15FN2O3. The fourth-order valence-electron chi connectivity index (χ4n) is 1.42. The van der Waals surface area contributed by atoms with Crippen molar-refractivity contribution in [3.63, 3.8) is 0 Å². The topological polar surface area (TPSA) is 69.6 Å². The van der Waals surface area contributed by atoms with Gasteiger partial charge in [0, 0.05) is 19.5 Å². The lowest BCUT2D eigenvalue weighted by Gasteiger charge is -2.24. The molecule has 5 nitrogen and oxygen atoms in total. The Bertz CT molecular complexity index is 304. The summed E-state index contributed by atoms with van der Waals surface area (Å²) in [5.41, 5.74) is 0. The average molecular weight is 230 g/mol. The Morgan fingerprint density at radius 1 is 1.56 bits per heavy atom. The molecule has 0 fully saturated rings. The van der Waals surface area contributed by atoms with Crippen LogP contribution in [0, 0.1) is 0 Å². The van der Waals surface area contributed by atoms with Crippen LogP contribution < -0.4 is 5.32 Å². The Kier molecular flexibility index (Phi) is 4.75. The molecule has 0 atom stereocenters. The minimum Gasteiger partial charge on any atom is -0.481 e. The average Bonchev–Trinajstić information content (AvgIpc) is 2.24. The fraction of sp³-hybridized carbons (Fsp3) is 0.600.